The van der Waals surface area contributed by atoms with Crippen molar-refractivity contribution in [3.05, 3.63) is 63.9 Å². The van der Waals surface area contributed by atoms with Crippen LogP contribution in [0.15, 0.2) is 51.8 Å². The summed E-state index contributed by atoms with van der Waals surface area (Å²) in [6.45, 7) is 0. The summed E-state index contributed by atoms with van der Waals surface area (Å²) in [5, 5.41) is 0.196. The van der Waals surface area contributed by atoms with Crippen molar-refractivity contribution < 1.29 is 4.39 Å². The minimum atomic E-state index is -0.229. The van der Waals surface area contributed by atoms with Gasteiger partial charge in [0.2, 0.25) is 0 Å². The molecule has 0 radical (unpaired) electrons. The van der Waals surface area contributed by atoms with Crippen LogP contribution < -0.4 is 11.3 Å². The largest absolute Gasteiger partial charge is 0.271 e. The summed E-state index contributed by atoms with van der Waals surface area (Å²) in [5.41, 5.74) is 4.69. The van der Waals surface area contributed by atoms with E-state index in [1.165, 1.54) is 16.5 Å². The van der Waals surface area contributed by atoms with Gasteiger partial charge in [-0.05, 0) is 36.2 Å². The van der Waals surface area contributed by atoms with Crippen LogP contribution in [0.25, 0.3) is 0 Å². The van der Waals surface area contributed by atoms with E-state index in [0.717, 1.165) is 10.9 Å². The lowest BCUT2D eigenvalue weighted by Gasteiger charge is -2.23. The Labute approximate surface area is 130 Å². The lowest BCUT2D eigenvalue weighted by molar-refractivity contribution is 0.498. The first-order chi connectivity index (χ1) is 9.69. The highest BCUT2D eigenvalue weighted by Crippen LogP contribution is 2.42. The zero-order valence-electron chi connectivity index (χ0n) is 10.6. The van der Waals surface area contributed by atoms with Gasteiger partial charge in [0, 0.05) is 20.2 Å². The van der Waals surface area contributed by atoms with Crippen LogP contribution in [0.5, 0.6) is 0 Å². The molecule has 0 aliphatic carbocycles. The average Bonchev–Trinajstić information content (AvgIpc) is 2.87. The Morgan fingerprint density at radius 2 is 2.10 bits per heavy atom. The molecule has 2 aromatic rings. The third-order valence-electron chi connectivity index (χ3n) is 3.52. The summed E-state index contributed by atoms with van der Waals surface area (Å²) in [5.74, 6) is 5.46. The second-order valence-electron chi connectivity index (χ2n) is 4.78. The van der Waals surface area contributed by atoms with Gasteiger partial charge in [-0.3, -0.25) is 11.3 Å². The quantitative estimate of drug-likeness (QED) is 0.651. The Bertz CT molecular complexity index is 610. The van der Waals surface area contributed by atoms with Crippen LogP contribution in [0.4, 0.5) is 4.39 Å². The maximum absolute atomic E-state index is 14.1. The lowest BCUT2D eigenvalue weighted by Crippen LogP contribution is -2.35. The predicted octanol–water partition coefficient (Wildman–Crippen LogP) is 3.81. The smallest absolute Gasteiger partial charge is 0.128 e. The van der Waals surface area contributed by atoms with Crippen LogP contribution in [0.3, 0.4) is 0 Å². The molecule has 0 aromatic heterocycles. The number of nitrogens with one attached hydrogen (secondary N) is 1. The fourth-order valence-electron chi connectivity index (χ4n) is 2.55. The summed E-state index contributed by atoms with van der Waals surface area (Å²) in [4.78, 5) is 1.26. The fraction of sp³-hybridized carbons (Fsp3) is 0.200. The number of rotatable bonds is 3. The summed E-state index contributed by atoms with van der Waals surface area (Å²) in [6.07, 6.45) is 0.891. The Balaban J connectivity index is 1.91. The molecule has 1 aliphatic rings. The lowest BCUT2D eigenvalue weighted by atomic mass is 9.99. The van der Waals surface area contributed by atoms with E-state index in [1.807, 2.05) is 12.1 Å². The maximum Gasteiger partial charge on any atom is 0.128 e. The van der Waals surface area contributed by atoms with Crippen LogP contribution in [0.1, 0.15) is 17.2 Å². The van der Waals surface area contributed by atoms with Gasteiger partial charge >= 0.3 is 0 Å². The second kappa shape index (κ2) is 5.85. The number of halogens is 2. The van der Waals surface area contributed by atoms with Crippen molar-refractivity contribution in [3.63, 3.8) is 0 Å². The van der Waals surface area contributed by atoms with Crippen molar-refractivity contribution in [1.82, 2.24) is 5.43 Å². The molecule has 2 atom stereocenters. The fourth-order valence-corrected chi connectivity index (χ4v) is 4.33. The maximum atomic E-state index is 14.1. The number of fused-ring (bicyclic) bond motifs is 1. The molecule has 0 spiro atoms. The molecule has 3 N–H and O–H groups in total. The van der Waals surface area contributed by atoms with Crippen LogP contribution in [0, 0.1) is 5.82 Å². The monoisotopic (exact) mass is 352 g/mol. The van der Waals surface area contributed by atoms with Crippen molar-refractivity contribution in [1.29, 1.82) is 0 Å². The summed E-state index contributed by atoms with van der Waals surface area (Å²) >= 11 is 5.14. The Morgan fingerprint density at radius 3 is 2.85 bits per heavy atom. The first kappa shape index (κ1) is 14.1. The van der Waals surface area contributed by atoms with Gasteiger partial charge < -0.3 is 0 Å². The zero-order valence-corrected chi connectivity index (χ0v) is 13.0. The number of hydrogen-bond donors (Lipinski definition) is 2. The first-order valence-corrected chi connectivity index (χ1v) is 8.02. The van der Waals surface area contributed by atoms with Crippen molar-refractivity contribution in [2.75, 3.05) is 0 Å². The minimum absolute atomic E-state index is 0.196. The molecule has 5 heteroatoms. The summed E-state index contributed by atoms with van der Waals surface area (Å²) < 4.78 is 14.9. The third kappa shape index (κ3) is 2.63. The van der Waals surface area contributed by atoms with Crippen LogP contribution in [0.2, 0.25) is 0 Å². The molecule has 0 saturated heterocycles. The molecule has 0 bridgehead atoms. The molecule has 0 amide bonds. The van der Waals surface area contributed by atoms with E-state index in [0.29, 0.717) is 5.56 Å². The van der Waals surface area contributed by atoms with E-state index in [1.54, 1.807) is 23.9 Å². The number of hydrogen-bond acceptors (Lipinski definition) is 3. The molecular formula is C15H14BrFN2S. The SMILES string of the molecule is NNC(c1cc(Br)ccc1F)C1Cc2ccccc2S1. The van der Waals surface area contributed by atoms with Crippen LogP contribution >= 0.6 is 27.7 Å². The molecular weight excluding hydrogens is 339 g/mol. The highest BCUT2D eigenvalue weighted by atomic mass is 79.9. The molecule has 0 fully saturated rings. The van der Waals surface area contributed by atoms with Gasteiger partial charge in [-0.15, -0.1) is 11.8 Å². The number of nitrogens with two attached hydrogens (primary N) is 1. The molecule has 1 aliphatic heterocycles. The molecule has 2 aromatic carbocycles. The highest BCUT2D eigenvalue weighted by molar-refractivity contribution is 9.10. The van der Waals surface area contributed by atoms with Gasteiger partial charge in [0.15, 0.2) is 0 Å². The third-order valence-corrected chi connectivity index (χ3v) is 5.40. The first-order valence-electron chi connectivity index (χ1n) is 6.34. The predicted molar refractivity (Wildman–Crippen MR) is 84.0 cm³/mol. The number of benzene rings is 2. The Hall–Kier alpha value is -0.880. The molecule has 2 unspecified atom stereocenters. The highest BCUT2D eigenvalue weighted by Gasteiger charge is 2.31. The van der Waals surface area contributed by atoms with Gasteiger partial charge in [-0.25, -0.2) is 4.39 Å². The molecule has 104 valence electrons. The van der Waals surface area contributed by atoms with Crippen LogP contribution in [-0.2, 0) is 6.42 Å². The van der Waals surface area contributed by atoms with Gasteiger partial charge in [-0.1, -0.05) is 34.1 Å². The average molecular weight is 353 g/mol. The van der Waals surface area contributed by atoms with Crippen molar-refractivity contribution in [2.24, 2.45) is 5.84 Å². The number of hydrazine groups is 1. The van der Waals surface area contributed by atoms with E-state index in [4.69, 9.17) is 5.84 Å². The van der Waals surface area contributed by atoms with E-state index in [-0.39, 0.29) is 17.1 Å². The number of thioether (sulfide) groups is 1. The summed E-state index contributed by atoms with van der Waals surface area (Å²) in [7, 11) is 0. The van der Waals surface area contributed by atoms with Gasteiger partial charge in [-0.2, -0.15) is 0 Å². The molecule has 3 rings (SSSR count). The van der Waals surface area contributed by atoms with Crippen molar-refractivity contribution in [2.45, 2.75) is 22.6 Å². The van der Waals surface area contributed by atoms with Crippen LogP contribution in [-0.4, -0.2) is 5.25 Å². The van der Waals surface area contributed by atoms with Gasteiger partial charge in [0.25, 0.3) is 0 Å². The van der Waals surface area contributed by atoms with E-state index < -0.39 is 0 Å². The van der Waals surface area contributed by atoms with Gasteiger partial charge in [0.1, 0.15) is 5.82 Å². The van der Waals surface area contributed by atoms with E-state index in [2.05, 4.69) is 33.5 Å². The van der Waals surface area contributed by atoms with Crippen molar-refractivity contribution in [3.8, 4) is 0 Å². The zero-order chi connectivity index (χ0) is 14.1. The minimum Gasteiger partial charge on any atom is -0.271 e. The van der Waals surface area contributed by atoms with E-state index >= 15 is 0 Å². The molecule has 0 saturated carbocycles. The Kier molecular flexibility index (Phi) is 4.12. The topological polar surface area (TPSA) is 38.0 Å². The molecule has 2 nitrogen and oxygen atoms in total. The summed E-state index contributed by atoms with van der Waals surface area (Å²) in [6, 6.07) is 13.0. The standard InChI is InChI=1S/C15H14BrFN2S/c16-10-5-6-12(17)11(8-10)15(19-18)14-7-9-3-1-2-4-13(9)20-14/h1-6,8,14-15,19H,7,18H2. The van der Waals surface area contributed by atoms with E-state index in [9.17, 15) is 4.39 Å². The van der Waals surface area contributed by atoms with Crippen molar-refractivity contribution >= 4 is 27.7 Å². The Morgan fingerprint density at radius 1 is 1.30 bits per heavy atom. The molecule has 20 heavy (non-hydrogen) atoms. The normalized spacial score (nSPS) is 18.9. The molecule has 1 heterocycles. The van der Waals surface area contributed by atoms with Gasteiger partial charge in [0.05, 0.1) is 6.04 Å². The second-order valence-corrected chi connectivity index (χ2v) is 6.98.